The van der Waals surface area contributed by atoms with Crippen molar-refractivity contribution in [3.63, 3.8) is 0 Å². The number of nitrogens with one attached hydrogen (secondary N) is 1. The van der Waals surface area contributed by atoms with E-state index < -0.39 is 5.54 Å². The third kappa shape index (κ3) is 2.65. The third-order valence-corrected chi connectivity index (χ3v) is 5.11. The lowest BCUT2D eigenvalue weighted by molar-refractivity contribution is 0.0832. The molecule has 1 N–H and O–H groups in total. The van der Waals surface area contributed by atoms with Gasteiger partial charge in [0.1, 0.15) is 16.9 Å². The standard InChI is InChI=1S/C22H18N4O2/c1-14-25-22(2,20-19(13-24-28-20)21(27)26(14)4)17-9-5-7-15(11-17)16-8-6-10-18(12-16)23-3/h5-13,25H,1H2,2,4H3. The Bertz CT molecular complexity index is 1140. The smallest absolute Gasteiger partial charge is 0.264 e. The van der Waals surface area contributed by atoms with Gasteiger partial charge in [0.25, 0.3) is 5.91 Å². The molecule has 28 heavy (non-hydrogen) atoms. The number of benzene rings is 2. The Hall–Kier alpha value is -3.85. The van der Waals surface area contributed by atoms with E-state index in [9.17, 15) is 4.79 Å². The van der Waals surface area contributed by atoms with Gasteiger partial charge < -0.3 is 9.84 Å². The second kappa shape index (κ2) is 6.39. The summed E-state index contributed by atoms with van der Waals surface area (Å²) in [6.45, 7) is 13.2. The molecule has 1 amide bonds. The summed E-state index contributed by atoms with van der Waals surface area (Å²) in [6.07, 6.45) is 1.44. The molecule has 4 rings (SSSR count). The van der Waals surface area contributed by atoms with Crippen LogP contribution in [0.15, 0.2) is 71.7 Å². The summed E-state index contributed by atoms with van der Waals surface area (Å²) in [5, 5.41) is 7.18. The number of nitrogens with zero attached hydrogens (tertiary/aromatic N) is 3. The van der Waals surface area contributed by atoms with Gasteiger partial charge in [-0.15, -0.1) is 0 Å². The first-order chi connectivity index (χ1) is 13.4. The molecule has 0 saturated heterocycles. The number of fused-ring (bicyclic) bond motifs is 1. The van der Waals surface area contributed by atoms with Gasteiger partial charge in [0.15, 0.2) is 11.4 Å². The van der Waals surface area contributed by atoms with Crippen LogP contribution < -0.4 is 5.32 Å². The molecule has 0 bridgehead atoms. The number of carbonyl (C=O) groups excluding carboxylic acids is 1. The quantitative estimate of drug-likeness (QED) is 0.683. The number of amides is 1. The normalized spacial score (nSPS) is 18.8. The molecule has 1 aliphatic rings. The predicted molar refractivity (Wildman–Crippen MR) is 105 cm³/mol. The van der Waals surface area contributed by atoms with Gasteiger partial charge in [-0.1, -0.05) is 48.1 Å². The molecular formula is C22H18N4O2. The fraction of sp³-hybridized carbons (Fsp3) is 0.136. The predicted octanol–water partition coefficient (Wildman–Crippen LogP) is 4.30. The van der Waals surface area contributed by atoms with E-state index in [4.69, 9.17) is 11.1 Å². The zero-order chi connectivity index (χ0) is 19.9. The van der Waals surface area contributed by atoms with E-state index in [1.54, 1.807) is 13.1 Å². The van der Waals surface area contributed by atoms with Gasteiger partial charge in [0.05, 0.1) is 12.8 Å². The molecule has 1 aromatic heterocycles. The SMILES string of the molecule is [C-]#[N+]c1cccc(-c2cccc(C3(C)NC(=C)N(C)C(=O)c4cnoc43)c2)c1. The van der Waals surface area contributed by atoms with Gasteiger partial charge in [0.2, 0.25) is 0 Å². The van der Waals surface area contributed by atoms with Crippen molar-refractivity contribution in [2.24, 2.45) is 0 Å². The first kappa shape index (κ1) is 17.6. The van der Waals surface area contributed by atoms with Crippen molar-refractivity contribution in [2.75, 3.05) is 7.05 Å². The van der Waals surface area contributed by atoms with E-state index in [0.29, 0.717) is 22.8 Å². The summed E-state index contributed by atoms with van der Waals surface area (Å²) in [5.41, 5.74) is 2.94. The number of aromatic nitrogens is 1. The van der Waals surface area contributed by atoms with Crippen molar-refractivity contribution in [1.82, 2.24) is 15.4 Å². The molecule has 1 unspecified atom stereocenters. The fourth-order valence-corrected chi connectivity index (χ4v) is 3.45. The van der Waals surface area contributed by atoms with Gasteiger partial charge in [-0.05, 0) is 35.7 Å². The van der Waals surface area contributed by atoms with E-state index in [1.807, 2.05) is 49.4 Å². The van der Waals surface area contributed by atoms with Crippen molar-refractivity contribution < 1.29 is 9.32 Å². The first-order valence-electron chi connectivity index (χ1n) is 8.73. The van der Waals surface area contributed by atoms with Crippen LogP contribution in [0.4, 0.5) is 5.69 Å². The topological polar surface area (TPSA) is 62.7 Å². The molecule has 138 valence electrons. The van der Waals surface area contributed by atoms with Gasteiger partial charge in [-0.25, -0.2) is 4.85 Å². The largest absolute Gasteiger partial charge is 0.358 e. The molecule has 6 nitrogen and oxygen atoms in total. The highest BCUT2D eigenvalue weighted by Crippen LogP contribution is 2.37. The fourth-order valence-electron chi connectivity index (χ4n) is 3.45. The lowest BCUT2D eigenvalue weighted by Crippen LogP contribution is -2.41. The number of carbonyl (C=O) groups is 1. The summed E-state index contributed by atoms with van der Waals surface area (Å²) >= 11 is 0. The Morgan fingerprint density at radius 3 is 2.68 bits per heavy atom. The Labute approximate surface area is 162 Å². The van der Waals surface area contributed by atoms with Crippen LogP contribution in [0.1, 0.15) is 28.6 Å². The Morgan fingerprint density at radius 1 is 1.21 bits per heavy atom. The van der Waals surface area contributed by atoms with Crippen molar-refractivity contribution >= 4 is 11.6 Å². The third-order valence-electron chi connectivity index (χ3n) is 5.11. The maximum Gasteiger partial charge on any atom is 0.264 e. The maximum atomic E-state index is 12.7. The number of hydrogen-bond donors (Lipinski definition) is 1. The van der Waals surface area contributed by atoms with Crippen LogP contribution in [0.5, 0.6) is 0 Å². The van der Waals surface area contributed by atoms with Gasteiger partial charge in [-0.3, -0.25) is 9.69 Å². The van der Waals surface area contributed by atoms with Crippen LogP contribution in [0.25, 0.3) is 16.0 Å². The van der Waals surface area contributed by atoms with Crippen LogP contribution >= 0.6 is 0 Å². The van der Waals surface area contributed by atoms with Crippen molar-refractivity contribution in [1.29, 1.82) is 0 Å². The minimum Gasteiger partial charge on any atom is -0.358 e. The van der Waals surface area contributed by atoms with E-state index in [-0.39, 0.29) is 5.91 Å². The Morgan fingerprint density at radius 2 is 1.93 bits per heavy atom. The zero-order valence-corrected chi connectivity index (χ0v) is 15.6. The van der Waals surface area contributed by atoms with Crippen LogP contribution in [0.2, 0.25) is 0 Å². The molecule has 6 heteroatoms. The maximum absolute atomic E-state index is 12.7. The molecule has 0 saturated carbocycles. The monoisotopic (exact) mass is 370 g/mol. The van der Waals surface area contributed by atoms with Gasteiger partial charge >= 0.3 is 0 Å². The van der Waals surface area contributed by atoms with Crippen LogP contribution in [-0.2, 0) is 5.54 Å². The summed E-state index contributed by atoms with van der Waals surface area (Å²) in [4.78, 5) is 17.6. The minimum absolute atomic E-state index is 0.224. The number of rotatable bonds is 2. The van der Waals surface area contributed by atoms with Crippen molar-refractivity contribution in [3.8, 4) is 11.1 Å². The van der Waals surface area contributed by atoms with Crippen molar-refractivity contribution in [3.05, 3.63) is 95.4 Å². The van der Waals surface area contributed by atoms with Crippen molar-refractivity contribution in [2.45, 2.75) is 12.5 Å². The summed E-state index contributed by atoms with van der Waals surface area (Å²) in [5.74, 6) is 0.688. The average Bonchev–Trinajstić information content (AvgIpc) is 3.21. The van der Waals surface area contributed by atoms with E-state index in [2.05, 4.69) is 21.9 Å². The molecule has 0 fully saturated rings. The van der Waals surface area contributed by atoms with E-state index in [0.717, 1.165) is 16.7 Å². The molecule has 0 radical (unpaired) electrons. The molecule has 0 spiro atoms. The molecule has 3 aromatic rings. The first-order valence-corrected chi connectivity index (χ1v) is 8.73. The second-order valence-electron chi connectivity index (χ2n) is 6.87. The summed E-state index contributed by atoms with van der Waals surface area (Å²) < 4.78 is 5.51. The Kier molecular flexibility index (Phi) is 4.01. The summed E-state index contributed by atoms with van der Waals surface area (Å²) in [7, 11) is 1.66. The minimum atomic E-state index is -0.837. The molecule has 2 aromatic carbocycles. The molecule has 1 aliphatic heterocycles. The molecule has 0 aliphatic carbocycles. The zero-order valence-electron chi connectivity index (χ0n) is 15.6. The lowest BCUT2D eigenvalue weighted by Gasteiger charge is -2.31. The van der Waals surface area contributed by atoms with E-state index in [1.165, 1.54) is 11.1 Å². The second-order valence-corrected chi connectivity index (χ2v) is 6.87. The highest BCUT2D eigenvalue weighted by atomic mass is 16.5. The molecular weight excluding hydrogens is 352 g/mol. The van der Waals surface area contributed by atoms with Gasteiger partial charge in [0, 0.05) is 7.05 Å². The average molecular weight is 370 g/mol. The van der Waals surface area contributed by atoms with Crippen LogP contribution in [-0.4, -0.2) is 23.0 Å². The van der Waals surface area contributed by atoms with Crippen LogP contribution in [0.3, 0.4) is 0 Å². The highest BCUT2D eigenvalue weighted by Gasteiger charge is 2.42. The highest BCUT2D eigenvalue weighted by molar-refractivity contribution is 5.96. The van der Waals surface area contributed by atoms with Crippen LogP contribution in [0, 0.1) is 6.57 Å². The Balaban J connectivity index is 1.87. The number of hydrogen-bond acceptors (Lipinski definition) is 4. The van der Waals surface area contributed by atoms with E-state index >= 15 is 0 Å². The summed E-state index contributed by atoms with van der Waals surface area (Å²) in [6, 6.07) is 15.4. The van der Waals surface area contributed by atoms with Gasteiger partial charge in [-0.2, -0.15) is 0 Å². The molecule has 1 atom stereocenters. The molecule has 2 heterocycles. The lowest BCUT2D eigenvalue weighted by atomic mass is 9.86.